The third kappa shape index (κ3) is 4.64. The second kappa shape index (κ2) is 6.89. The van der Waals surface area contributed by atoms with E-state index in [0.717, 1.165) is 0 Å². The van der Waals surface area contributed by atoms with E-state index < -0.39 is 33.9 Å². The summed E-state index contributed by atoms with van der Waals surface area (Å²) in [7, 11) is -0.182. The molecule has 1 aliphatic rings. The fourth-order valence-corrected chi connectivity index (χ4v) is 3.76. The molecule has 1 saturated heterocycles. The molecule has 1 aliphatic heterocycles. The number of hydrogen-bond donors (Lipinski definition) is 2. The molecule has 116 valence electrons. The van der Waals surface area contributed by atoms with Crippen LogP contribution in [0.4, 0.5) is 4.79 Å². The molecule has 0 aromatic carbocycles. The standard InChI is InChI=1S/C11H20N2O6S/c1-13(8-4-6-20(17,18)7-8)11(16)12-9(10(14)15)3-5-19-2/h8-9H,3-7H2,1-2H3,(H,12,16)(H,14,15). The lowest BCUT2D eigenvalue weighted by Gasteiger charge is -2.25. The largest absolute Gasteiger partial charge is 0.480 e. The lowest BCUT2D eigenvalue weighted by molar-refractivity contribution is -0.139. The summed E-state index contributed by atoms with van der Waals surface area (Å²) >= 11 is 0. The first-order chi connectivity index (χ1) is 9.26. The zero-order valence-electron chi connectivity index (χ0n) is 11.5. The molecule has 8 nitrogen and oxygen atoms in total. The summed E-state index contributed by atoms with van der Waals surface area (Å²) in [6.45, 7) is 0.207. The van der Waals surface area contributed by atoms with Crippen LogP contribution >= 0.6 is 0 Å². The van der Waals surface area contributed by atoms with Crippen molar-refractivity contribution in [1.29, 1.82) is 0 Å². The summed E-state index contributed by atoms with van der Waals surface area (Å²) in [6.07, 6.45) is 0.524. The van der Waals surface area contributed by atoms with E-state index in [1.54, 1.807) is 0 Å². The molecule has 20 heavy (non-hydrogen) atoms. The van der Waals surface area contributed by atoms with Crippen LogP contribution in [0, 0.1) is 0 Å². The van der Waals surface area contributed by atoms with Crippen molar-refractivity contribution in [3.8, 4) is 0 Å². The highest BCUT2D eigenvalue weighted by Gasteiger charge is 2.33. The summed E-state index contributed by atoms with van der Waals surface area (Å²) in [6, 6.07) is -2.05. The molecule has 0 aliphatic carbocycles. The highest BCUT2D eigenvalue weighted by atomic mass is 32.2. The van der Waals surface area contributed by atoms with Crippen LogP contribution in [0.15, 0.2) is 0 Å². The predicted molar refractivity (Wildman–Crippen MR) is 71.3 cm³/mol. The molecule has 0 aromatic heterocycles. The van der Waals surface area contributed by atoms with Crippen LogP contribution in [0.2, 0.25) is 0 Å². The van der Waals surface area contributed by atoms with Gasteiger partial charge in [0.25, 0.3) is 0 Å². The first-order valence-corrected chi connectivity index (χ1v) is 8.04. The van der Waals surface area contributed by atoms with Crippen LogP contribution in [-0.2, 0) is 19.4 Å². The summed E-state index contributed by atoms with van der Waals surface area (Å²) in [5.74, 6) is -1.17. The first-order valence-electron chi connectivity index (χ1n) is 6.22. The molecule has 1 fully saturated rings. The molecule has 9 heteroatoms. The number of aliphatic carboxylic acids is 1. The van der Waals surface area contributed by atoms with Gasteiger partial charge < -0.3 is 20.1 Å². The number of nitrogens with zero attached hydrogens (tertiary/aromatic N) is 1. The third-order valence-electron chi connectivity index (χ3n) is 3.28. The Kier molecular flexibility index (Phi) is 5.75. The molecule has 2 N–H and O–H groups in total. The Hall–Kier alpha value is -1.35. The van der Waals surface area contributed by atoms with Crippen molar-refractivity contribution in [1.82, 2.24) is 10.2 Å². The summed E-state index contributed by atoms with van der Waals surface area (Å²) in [4.78, 5) is 24.2. The van der Waals surface area contributed by atoms with Crippen molar-refractivity contribution < 1.29 is 27.9 Å². The first kappa shape index (κ1) is 16.7. The molecule has 0 aromatic rings. The smallest absolute Gasteiger partial charge is 0.326 e. The van der Waals surface area contributed by atoms with Crippen molar-refractivity contribution >= 4 is 21.8 Å². The average Bonchev–Trinajstić information content (AvgIpc) is 2.73. The van der Waals surface area contributed by atoms with Gasteiger partial charge in [0.15, 0.2) is 9.84 Å². The van der Waals surface area contributed by atoms with E-state index in [1.807, 2.05) is 0 Å². The van der Waals surface area contributed by atoms with Gasteiger partial charge in [0.1, 0.15) is 6.04 Å². The second-order valence-electron chi connectivity index (χ2n) is 4.79. The quantitative estimate of drug-likeness (QED) is 0.671. The Morgan fingerprint density at radius 3 is 2.60 bits per heavy atom. The zero-order chi connectivity index (χ0) is 15.3. The molecule has 2 amide bonds. The lowest BCUT2D eigenvalue weighted by atomic mass is 10.2. The van der Waals surface area contributed by atoms with Crippen LogP contribution in [0.25, 0.3) is 0 Å². The van der Waals surface area contributed by atoms with Gasteiger partial charge in [-0.25, -0.2) is 18.0 Å². The number of sulfone groups is 1. The number of carboxylic acids is 1. The van der Waals surface area contributed by atoms with Crippen molar-refractivity contribution in [3.05, 3.63) is 0 Å². The van der Waals surface area contributed by atoms with E-state index in [1.165, 1.54) is 19.1 Å². The van der Waals surface area contributed by atoms with Crippen LogP contribution in [0.3, 0.4) is 0 Å². The third-order valence-corrected chi connectivity index (χ3v) is 5.03. The molecular formula is C11H20N2O6S. The maximum absolute atomic E-state index is 11.9. The fourth-order valence-electron chi connectivity index (χ4n) is 1.99. The summed E-state index contributed by atoms with van der Waals surface area (Å²) < 4.78 is 27.5. The van der Waals surface area contributed by atoms with Gasteiger partial charge in [0.2, 0.25) is 0 Å². The van der Waals surface area contributed by atoms with Gasteiger partial charge in [-0.3, -0.25) is 0 Å². The number of carboxylic acid groups (broad SMARTS) is 1. The highest BCUT2D eigenvalue weighted by molar-refractivity contribution is 7.91. The maximum atomic E-state index is 11.9. The Bertz CT molecular complexity index is 464. The van der Waals surface area contributed by atoms with Gasteiger partial charge in [-0.15, -0.1) is 0 Å². The minimum atomic E-state index is -3.09. The predicted octanol–water partition coefficient (Wildman–Crippen LogP) is -0.695. The minimum Gasteiger partial charge on any atom is -0.480 e. The Morgan fingerprint density at radius 2 is 2.15 bits per heavy atom. The van der Waals surface area contributed by atoms with Crippen LogP contribution in [0.1, 0.15) is 12.8 Å². The van der Waals surface area contributed by atoms with Gasteiger partial charge in [-0.2, -0.15) is 0 Å². The van der Waals surface area contributed by atoms with E-state index in [9.17, 15) is 18.0 Å². The number of urea groups is 1. The number of carbonyl (C=O) groups is 2. The molecule has 1 heterocycles. The molecule has 2 atom stereocenters. The number of amides is 2. The van der Waals surface area contributed by atoms with Gasteiger partial charge in [0.05, 0.1) is 11.5 Å². The number of methoxy groups -OCH3 is 1. The molecule has 0 spiro atoms. The van der Waals surface area contributed by atoms with Crippen LogP contribution < -0.4 is 5.32 Å². The average molecular weight is 308 g/mol. The van der Waals surface area contributed by atoms with Gasteiger partial charge in [0, 0.05) is 33.2 Å². The Morgan fingerprint density at radius 1 is 1.50 bits per heavy atom. The molecule has 1 rings (SSSR count). The molecule has 2 unspecified atom stereocenters. The molecular weight excluding hydrogens is 288 g/mol. The highest BCUT2D eigenvalue weighted by Crippen LogP contribution is 2.16. The molecule has 0 radical (unpaired) electrons. The minimum absolute atomic E-state index is 0.0569. The van der Waals surface area contributed by atoms with Crippen molar-refractivity contribution in [2.75, 3.05) is 32.3 Å². The van der Waals surface area contributed by atoms with Crippen LogP contribution in [0.5, 0.6) is 0 Å². The summed E-state index contributed by atoms with van der Waals surface area (Å²) in [5, 5.41) is 11.4. The van der Waals surface area contributed by atoms with Crippen molar-refractivity contribution in [2.45, 2.75) is 24.9 Å². The number of nitrogens with one attached hydrogen (secondary N) is 1. The van der Waals surface area contributed by atoms with E-state index in [2.05, 4.69) is 5.32 Å². The molecule has 0 bridgehead atoms. The van der Waals surface area contributed by atoms with Crippen LogP contribution in [-0.4, -0.2) is 74.8 Å². The number of ether oxygens (including phenoxy) is 1. The Balaban J connectivity index is 2.58. The monoisotopic (exact) mass is 308 g/mol. The molecule has 0 saturated carbocycles. The number of rotatable bonds is 6. The van der Waals surface area contributed by atoms with Gasteiger partial charge >= 0.3 is 12.0 Å². The van der Waals surface area contributed by atoms with Crippen molar-refractivity contribution in [3.63, 3.8) is 0 Å². The maximum Gasteiger partial charge on any atom is 0.326 e. The Labute approximate surface area is 118 Å². The van der Waals surface area contributed by atoms with E-state index in [4.69, 9.17) is 9.84 Å². The normalized spacial score (nSPS) is 22.2. The van der Waals surface area contributed by atoms with E-state index >= 15 is 0 Å². The SMILES string of the molecule is COCCC(NC(=O)N(C)C1CCS(=O)(=O)C1)C(=O)O. The number of carbonyl (C=O) groups excluding carboxylic acids is 1. The van der Waals surface area contributed by atoms with Gasteiger partial charge in [-0.05, 0) is 6.42 Å². The van der Waals surface area contributed by atoms with Gasteiger partial charge in [-0.1, -0.05) is 0 Å². The van der Waals surface area contributed by atoms with E-state index in [0.29, 0.717) is 6.42 Å². The lowest BCUT2D eigenvalue weighted by Crippen LogP contribution is -2.50. The van der Waals surface area contributed by atoms with Crippen molar-refractivity contribution in [2.24, 2.45) is 0 Å². The summed E-state index contributed by atoms with van der Waals surface area (Å²) in [5.41, 5.74) is 0. The fraction of sp³-hybridized carbons (Fsp3) is 0.818. The zero-order valence-corrected chi connectivity index (χ0v) is 12.4. The van der Waals surface area contributed by atoms with E-state index in [-0.39, 0.29) is 24.5 Å². The number of hydrogen-bond acceptors (Lipinski definition) is 5. The topological polar surface area (TPSA) is 113 Å². The second-order valence-corrected chi connectivity index (χ2v) is 7.02.